The molecule has 228 valence electrons. The number of carbonyl (C=O) groups is 1. The van der Waals surface area contributed by atoms with E-state index in [0.717, 1.165) is 53.5 Å². The number of hydrogen-bond acceptors (Lipinski definition) is 6. The maximum Gasteiger partial charge on any atom is 0.416 e. The summed E-state index contributed by atoms with van der Waals surface area (Å²) in [6, 6.07) is 16.3. The van der Waals surface area contributed by atoms with E-state index in [1.807, 2.05) is 55.5 Å². The summed E-state index contributed by atoms with van der Waals surface area (Å²) in [6.45, 7) is 0.138. The van der Waals surface area contributed by atoms with Gasteiger partial charge < -0.3 is 19.9 Å². The number of anilines is 1. The zero-order valence-electron chi connectivity index (χ0n) is 24.4. The summed E-state index contributed by atoms with van der Waals surface area (Å²) in [7, 11) is 3.88. The molecular weight excluding hydrogens is 571 g/mol. The van der Waals surface area contributed by atoms with Gasteiger partial charge in [0.25, 0.3) is 11.5 Å². The Morgan fingerprint density at radius 3 is 2.52 bits per heavy atom. The number of amides is 1. The molecule has 3 heterocycles. The molecule has 0 unspecified atom stereocenters. The van der Waals surface area contributed by atoms with Crippen molar-refractivity contribution in [2.24, 2.45) is 0 Å². The quantitative estimate of drug-likeness (QED) is 0.322. The Bertz CT molecular complexity index is 1760. The van der Waals surface area contributed by atoms with E-state index in [2.05, 4.69) is 16.0 Å². The van der Waals surface area contributed by atoms with Crippen LogP contribution in [0.15, 0.2) is 71.7 Å². The lowest BCUT2D eigenvalue weighted by atomic mass is 9.91. The number of aromatic nitrogens is 3. The second-order valence-electron chi connectivity index (χ2n) is 11.7. The average Bonchev–Trinajstić information content (AvgIpc) is 3.85. The molecular formula is C33H32F3N5O3. The van der Waals surface area contributed by atoms with Crippen LogP contribution in [-0.2, 0) is 29.4 Å². The number of fused-ring (bicyclic) bond motifs is 1. The summed E-state index contributed by atoms with van der Waals surface area (Å²) in [5, 5.41) is 10.7. The first kappa shape index (κ1) is 29.6. The van der Waals surface area contributed by atoms with Gasteiger partial charge in [0.2, 0.25) is 0 Å². The Kier molecular flexibility index (Phi) is 7.53. The van der Waals surface area contributed by atoms with Gasteiger partial charge in [-0.25, -0.2) is 9.97 Å². The second-order valence-corrected chi connectivity index (χ2v) is 11.7. The summed E-state index contributed by atoms with van der Waals surface area (Å²) >= 11 is 0. The number of aliphatic hydroxyl groups excluding tert-OH is 1. The van der Waals surface area contributed by atoms with Gasteiger partial charge in [-0.1, -0.05) is 36.4 Å². The number of hydrogen-bond donors (Lipinski definition) is 2. The Balaban J connectivity index is 1.25. The highest BCUT2D eigenvalue weighted by atomic mass is 19.4. The third-order valence-electron chi connectivity index (χ3n) is 8.52. The van der Waals surface area contributed by atoms with Crippen LogP contribution in [0.5, 0.6) is 0 Å². The van der Waals surface area contributed by atoms with Crippen molar-refractivity contribution in [2.75, 3.05) is 25.5 Å². The molecule has 1 fully saturated rings. The lowest BCUT2D eigenvalue weighted by Crippen LogP contribution is -2.36. The van der Waals surface area contributed by atoms with Crippen LogP contribution in [0.3, 0.4) is 0 Å². The monoisotopic (exact) mass is 603 g/mol. The van der Waals surface area contributed by atoms with Crippen molar-refractivity contribution >= 4 is 11.7 Å². The largest absolute Gasteiger partial charge is 0.416 e. The van der Waals surface area contributed by atoms with E-state index in [4.69, 9.17) is 4.98 Å². The zero-order chi connectivity index (χ0) is 31.2. The van der Waals surface area contributed by atoms with Crippen molar-refractivity contribution in [3.8, 4) is 11.1 Å². The zero-order valence-corrected chi connectivity index (χ0v) is 24.4. The number of nitrogens with one attached hydrogen (secondary N) is 1. The molecule has 0 spiro atoms. The van der Waals surface area contributed by atoms with Crippen LogP contribution in [0, 0.1) is 0 Å². The number of carbonyl (C=O) groups excluding carboxylic acids is 1. The molecule has 1 amide bonds. The highest BCUT2D eigenvalue weighted by Gasteiger charge is 2.49. The Hall–Kier alpha value is -4.51. The molecule has 1 atom stereocenters. The number of aryl methyl sites for hydroxylation is 1. The van der Waals surface area contributed by atoms with Gasteiger partial charge in [-0.2, -0.15) is 13.2 Å². The van der Waals surface area contributed by atoms with E-state index < -0.39 is 29.2 Å². The third kappa shape index (κ3) is 5.59. The van der Waals surface area contributed by atoms with E-state index >= 15 is 0 Å². The topological polar surface area (TPSA) is 102 Å². The summed E-state index contributed by atoms with van der Waals surface area (Å²) in [5.74, 6) is 0.688. The van der Waals surface area contributed by atoms with Crippen LogP contribution < -0.4 is 10.5 Å². The second kappa shape index (κ2) is 11.2. The average molecular weight is 604 g/mol. The van der Waals surface area contributed by atoms with Gasteiger partial charge in [-0.3, -0.25) is 9.59 Å². The van der Waals surface area contributed by atoms with E-state index in [0.29, 0.717) is 29.9 Å². The molecule has 2 N–H and O–H groups in total. The molecule has 4 aromatic rings. The van der Waals surface area contributed by atoms with Gasteiger partial charge in [0.05, 0.1) is 28.8 Å². The molecule has 44 heavy (non-hydrogen) atoms. The van der Waals surface area contributed by atoms with Crippen molar-refractivity contribution in [3.63, 3.8) is 0 Å². The first-order valence-electron chi connectivity index (χ1n) is 14.5. The molecule has 6 rings (SSSR count). The summed E-state index contributed by atoms with van der Waals surface area (Å²) < 4.78 is 39.6. The molecule has 0 bridgehead atoms. The fourth-order valence-electron chi connectivity index (χ4n) is 5.84. The molecule has 11 heteroatoms. The molecule has 1 saturated carbocycles. The fraction of sp³-hybridized carbons (Fsp3) is 0.333. The first-order chi connectivity index (χ1) is 21.0. The van der Waals surface area contributed by atoms with Gasteiger partial charge in [-0.05, 0) is 66.6 Å². The number of aromatic amines is 1. The Morgan fingerprint density at radius 1 is 1.07 bits per heavy atom. The lowest BCUT2D eigenvalue weighted by molar-refractivity contribution is -0.142. The van der Waals surface area contributed by atoms with E-state index in [-0.39, 0.29) is 24.2 Å². The highest BCUT2D eigenvalue weighted by molar-refractivity contribution is 5.82. The van der Waals surface area contributed by atoms with E-state index in [1.165, 1.54) is 11.0 Å². The van der Waals surface area contributed by atoms with Crippen LogP contribution >= 0.6 is 0 Å². The number of benzene rings is 2. The number of rotatable bonds is 6. The van der Waals surface area contributed by atoms with E-state index in [9.17, 15) is 27.9 Å². The Morgan fingerprint density at radius 2 is 1.84 bits per heavy atom. The van der Waals surface area contributed by atoms with Crippen LogP contribution in [0.1, 0.15) is 59.1 Å². The number of pyridine rings is 1. The van der Waals surface area contributed by atoms with Crippen LogP contribution in [0.4, 0.5) is 19.0 Å². The third-order valence-corrected chi connectivity index (χ3v) is 8.52. The van der Waals surface area contributed by atoms with Gasteiger partial charge in [0.15, 0.2) is 6.10 Å². The predicted molar refractivity (Wildman–Crippen MR) is 159 cm³/mol. The number of alkyl halides is 3. The molecule has 1 aliphatic heterocycles. The van der Waals surface area contributed by atoms with Crippen LogP contribution in [0.2, 0.25) is 0 Å². The van der Waals surface area contributed by atoms with Crippen molar-refractivity contribution in [2.45, 2.75) is 49.9 Å². The van der Waals surface area contributed by atoms with Crippen molar-refractivity contribution < 1.29 is 23.1 Å². The number of H-pyrrole nitrogens is 1. The highest BCUT2D eigenvalue weighted by Crippen LogP contribution is 2.52. The van der Waals surface area contributed by atoms with Gasteiger partial charge in [0.1, 0.15) is 11.6 Å². The van der Waals surface area contributed by atoms with Crippen LogP contribution in [0.25, 0.3) is 11.1 Å². The lowest BCUT2D eigenvalue weighted by Gasteiger charge is -2.24. The van der Waals surface area contributed by atoms with E-state index in [1.54, 1.807) is 0 Å². The molecule has 1 aliphatic carbocycles. The minimum absolute atomic E-state index is 0.0920. The molecule has 2 aromatic heterocycles. The van der Waals surface area contributed by atoms with Crippen molar-refractivity contribution in [1.82, 2.24) is 19.9 Å². The maximum atomic E-state index is 13.4. The maximum absolute atomic E-state index is 13.4. The predicted octanol–water partition coefficient (Wildman–Crippen LogP) is 5.01. The van der Waals surface area contributed by atoms with Crippen molar-refractivity contribution in [1.29, 1.82) is 0 Å². The number of nitrogens with zero attached hydrogens (tertiary/aromatic N) is 4. The minimum atomic E-state index is -4.61. The molecule has 0 radical (unpaired) electrons. The summed E-state index contributed by atoms with van der Waals surface area (Å²) in [5.41, 5.74) is 2.07. The molecule has 2 aliphatic rings. The normalized spacial score (nSPS) is 16.5. The number of halogens is 3. The smallest absolute Gasteiger partial charge is 0.378 e. The van der Waals surface area contributed by atoms with Crippen LogP contribution in [-0.4, -0.2) is 51.5 Å². The molecule has 8 nitrogen and oxygen atoms in total. The van der Waals surface area contributed by atoms with Gasteiger partial charge in [0, 0.05) is 32.4 Å². The molecule has 2 aromatic carbocycles. The first-order valence-corrected chi connectivity index (χ1v) is 14.5. The SMILES string of the molecule is CN(C)c1ccc(-c2cccc(C3(c4nc5c(c(=O)[nH]4)CN(C(=O)[C@H](O)c4cccc(C(F)(F)F)c4)CCC5)CC3)c2)cn1. The number of aliphatic hydroxyl groups is 1. The van der Waals surface area contributed by atoms with Gasteiger partial charge in [-0.15, -0.1) is 0 Å². The summed E-state index contributed by atoms with van der Waals surface area (Å²) in [4.78, 5) is 42.3. The minimum Gasteiger partial charge on any atom is -0.378 e. The van der Waals surface area contributed by atoms with Gasteiger partial charge >= 0.3 is 6.18 Å². The fourth-order valence-corrected chi connectivity index (χ4v) is 5.84. The molecule has 0 saturated heterocycles. The standard InChI is InChI=1S/C33H32F3N5O3/c1-40(2)27-12-11-22(18-37-27)20-6-3-8-23(16-20)32(13-14-32)31-38-26-10-5-15-41(19-25(26)29(43)39-31)30(44)28(42)21-7-4-9-24(17-21)33(34,35)36/h3-4,6-9,11-12,16-18,28,42H,5,10,13-15,19H2,1-2H3,(H,38,39,43)/t28-/m1/s1. The Labute approximate surface area is 252 Å². The van der Waals surface area contributed by atoms with Crippen molar-refractivity contribution in [3.05, 3.63) is 111 Å². The summed E-state index contributed by atoms with van der Waals surface area (Å²) in [6.07, 6.45) is -1.97.